The fraction of sp³-hybridized carbons (Fsp3) is 0.263. The number of carbonyl (C=O) groups is 2. The fourth-order valence-corrected chi connectivity index (χ4v) is 2.49. The van der Waals surface area contributed by atoms with Crippen molar-refractivity contribution in [2.24, 2.45) is 0 Å². The molecular formula is C19H19F2NO3. The van der Waals surface area contributed by atoms with E-state index < -0.39 is 29.6 Å². The molecule has 0 aliphatic heterocycles. The van der Waals surface area contributed by atoms with Crippen LogP contribution in [0.1, 0.15) is 17.5 Å². The summed E-state index contributed by atoms with van der Waals surface area (Å²) in [7, 11) is 1.24. The molecule has 1 N–H and O–H groups in total. The molecule has 25 heavy (non-hydrogen) atoms. The zero-order chi connectivity index (χ0) is 18.2. The highest BCUT2D eigenvalue weighted by molar-refractivity contribution is 5.85. The molecule has 0 saturated carbocycles. The molecule has 0 aliphatic carbocycles. The van der Waals surface area contributed by atoms with E-state index in [1.165, 1.54) is 7.11 Å². The number of hydrogen-bond donors (Lipinski definition) is 1. The molecule has 0 bridgehead atoms. The van der Waals surface area contributed by atoms with Crippen LogP contribution >= 0.6 is 0 Å². The van der Waals surface area contributed by atoms with Gasteiger partial charge in [0.2, 0.25) is 5.91 Å². The van der Waals surface area contributed by atoms with E-state index in [0.29, 0.717) is 12.8 Å². The molecule has 0 heterocycles. The highest BCUT2D eigenvalue weighted by Gasteiger charge is 2.21. The number of hydrogen-bond acceptors (Lipinski definition) is 3. The fourth-order valence-electron chi connectivity index (χ4n) is 2.49. The van der Waals surface area contributed by atoms with E-state index >= 15 is 0 Å². The van der Waals surface area contributed by atoms with E-state index in [0.717, 1.165) is 23.8 Å². The lowest BCUT2D eigenvalue weighted by Crippen LogP contribution is -2.42. The van der Waals surface area contributed by atoms with Gasteiger partial charge in [-0.05, 0) is 36.1 Å². The lowest BCUT2D eigenvalue weighted by molar-refractivity contribution is -0.145. The minimum Gasteiger partial charge on any atom is -0.467 e. The minimum atomic E-state index is -0.823. The van der Waals surface area contributed by atoms with Gasteiger partial charge in [0.05, 0.1) is 13.5 Å². The van der Waals surface area contributed by atoms with Crippen molar-refractivity contribution in [3.8, 4) is 0 Å². The van der Waals surface area contributed by atoms with Gasteiger partial charge in [-0.3, -0.25) is 4.79 Å². The Balaban J connectivity index is 1.98. The predicted octanol–water partition coefficient (Wildman–Crippen LogP) is 2.80. The number of aryl methyl sites for hydroxylation is 1. The SMILES string of the molecule is COC(=O)[C@@H](CCc1ccccc1)NC(=O)Cc1cc(F)cc(F)c1. The summed E-state index contributed by atoms with van der Waals surface area (Å²) in [6.45, 7) is 0. The Labute approximate surface area is 144 Å². The van der Waals surface area contributed by atoms with Crippen LogP contribution in [0.4, 0.5) is 8.78 Å². The van der Waals surface area contributed by atoms with Crippen molar-refractivity contribution >= 4 is 11.9 Å². The first-order chi connectivity index (χ1) is 12.0. The van der Waals surface area contributed by atoms with Crippen molar-refractivity contribution in [3.63, 3.8) is 0 Å². The van der Waals surface area contributed by atoms with Crippen molar-refractivity contribution in [2.75, 3.05) is 7.11 Å². The first-order valence-corrected chi connectivity index (χ1v) is 7.84. The van der Waals surface area contributed by atoms with Gasteiger partial charge in [-0.15, -0.1) is 0 Å². The molecule has 1 amide bonds. The Morgan fingerprint density at radius 3 is 2.28 bits per heavy atom. The van der Waals surface area contributed by atoms with E-state index in [-0.39, 0.29) is 12.0 Å². The lowest BCUT2D eigenvalue weighted by atomic mass is 10.0. The van der Waals surface area contributed by atoms with Gasteiger partial charge in [-0.25, -0.2) is 13.6 Å². The number of benzene rings is 2. The second kappa shape index (κ2) is 8.92. The van der Waals surface area contributed by atoms with Crippen LogP contribution in [-0.2, 0) is 27.2 Å². The van der Waals surface area contributed by atoms with Crippen molar-refractivity contribution in [3.05, 3.63) is 71.3 Å². The van der Waals surface area contributed by atoms with Gasteiger partial charge < -0.3 is 10.1 Å². The summed E-state index contributed by atoms with van der Waals surface area (Å²) in [5, 5.41) is 2.57. The second-order valence-corrected chi connectivity index (χ2v) is 5.62. The van der Waals surface area contributed by atoms with Gasteiger partial charge in [0.1, 0.15) is 17.7 Å². The molecule has 0 radical (unpaired) electrons. The minimum absolute atomic E-state index is 0.196. The molecule has 0 fully saturated rings. The second-order valence-electron chi connectivity index (χ2n) is 5.62. The number of esters is 1. The predicted molar refractivity (Wildman–Crippen MR) is 88.8 cm³/mol. The zero-order valence-electron chi connectivity index (χ0n) is 13.8. The molecular weight excluding hydrogens is 328 g/mol. The smallest absolute Gasteiger partial charge is 0.328 e. The van der Waals surface area contributed by atoms with E-state index in [1.54, 1.807) is 0 Å². The highest BCUT2D eigenvalue weighted by Crippen LogP contribution is 2.10. The number of methoxy groups -OCH3 is 1. The number of amides is 1. The molecule has 0 saturated heterocycles. The van der Waals surface area contributed by atoms with Crippen LogP contribution in [0.2, 0.25) is 0 Å². The largest absolute Gasteiger partial charge is 0.467 e. The van der Waals surface area contributed by atoms with Crippen LogP contribution < -0.4 is 5.32 Å². The molecule has 1 atom stereocenters. The first kappa shape index (κ1) is 18.6. The maximum Gasteiger partial charge on any atom is 0.328 e. The van der Waals surface area contributed by atoms with Crippen LogP contribution in [-0.4, -0.2) is 25.0 Å². The van der Waals surface area contributed by atoms with Gasteiger partial charge in [-0.1, -0.05) is 30.3 Å². The number of rotatable bonds is 7. The average Bonchev–Trinajstić information content (AvgIpc) is 2.57. The number of nitrogens with one attached hydrogen (secondary N) is 1. The van der Waals surface area contributed by atoms with Gasteiger partial charge >= 0.3 is 5.97 Å². The molecule has 0 spiro atoms. The maximum atomic E-state index is 13.2. The van der Waals surface area contributed by atoms with Crippen LogP contribution in [0.5, 0.6) is 0 Å². The zero-order valence-corrected chi connectivity index (χ0v) is 13.8. The molecule has 4 nitrogen and oxygen atoms in total. The van der Waals surface area contributed by atoms with E-state index in [2.05, 4.69) is 5.32 Å². The summed E-state index contributed by atoms with van der Waals surface area (Å²) in [6, 6.07) is 11.6. The third-order valence-electron chi connectivity index (χ3n) is 3.67. The number of carbonyl (C=O) groups excluding carboxylic acids is 2. The van der Waals surface area contributed by atoms with Crippen molar-refractivity contribution < 1.29 is 23.1 Å². The quantitative estimate of drug-likeness (QED) is 0.784. The topological polar surface area (TPSA) is 55.4 Å². The summed E-state index contributed by atoms with van der Waals surface area (Å²) in [5.41, 5.74) is 1.22. The van der Waals surface area contributed by atoms with Gasteiger partial charge in [0.15, 0.2) is 0 Å². The third kappa shape index (κ3) is 5.99. The normalized spacial score (nSPS) is 11.6. The van der Waals surface area contributed by atoms with Crippen molar-refractivity contribution in [1.82, 2.24) is 5.32 Å². The van der Waals surface area contributed by atoms with E-state index in [4.69, 9.17) is 4.74 Å². The third-order valence-corrected chi connectivity index (χ3v) is 3.67. The summed E-state index contributed by atoms with van der Waals surface area (Å²) in [4.78, 5) is 24.0. The Morgan fingerprint density at radius 1 is 1.04 bits per heavy atom. The maximum absolute atomic E-state index is 13.2. The van der Waals surface area contributed by atoms with Crippen molar-refractivity contribution in [2.45, 2.75) is 25.3 Å². The molecule has 0 aromatic heterocycles. The molecule has 132 valence electrons. The summed E-state index contributed by atoms with van der Waals surface area (Å²) in [6.07, 6.45) is 0.711. The summed E-state index contributed by atoms with van der Waals surface area (Å²) >= 11 is 0. The Morgan fingerprint density at radius 2 is 1.68 bits per heavy atom. The van der Waals surface area contributed by atoms with Crippen molar-refractivity contribution in [1.29, 1.82) is 0 Å². The highest BCUT2D eigenvalue weighted by atomic mass is 19.1. The van der Waals surface area contributed by atoms with E-state index in [9.17, 15) is 18.4 Å². The average molecular weight is 347 g/mol. The summed E-state index contributed by atoms with van der Waals surface area (Å²) in [5.74, 6) is -2.57. The Kier molecular flexibility index (Phi) is 6.62. The number of ether oxygens (including phenoxy) is 1. The summed E-state index contributed by atoms with van der Waals surface area (Å²) < 4.78 is 31.1. The molecule has 0 aliphatic rings. The van der Waals surface area contributed by atoms with E-state index in [1.807, 2.05) is 30.3 Å². The van der Waals surface area contributed by atoms with Crippen LogP contribution in [0.3, 0.4) is 0 Å². The lowest BCUT2D eigenvalue weighted by Gasteiger charge is -2.16. The van der Waals surface area contributed by atoms with Crippen LogP contribution in [0.15, 0.2) is 48.5 Å². The first-order valence-electron chi connectivity index (χ1n) is 7.84. The molecule has 0 unspecified atom stereocenters. The van der Waals surface area contributed by atoms with Gasteiger partial charge in [-0.2, -0.15) is 0 Å². The molecule has 2 rings (SSSR count). The van der Waals surface area contributed by atoms with Crippen LogP contribution in [0, 0.1) is 11.6 Å². The molecule has 2 aromatic carbocycles. The number of halogens is 2. The Hall–Kier alpha value is -2.76. The molecule has 6 heteroatoms. The monoisotopic (exact) mass is 347 g/mol. The molecule has 2 aromatic rings. The standard InChI is InChI=1S/C19H19F2NO3/c1-25-19(24)17(8-7-13-5-3-2-4-6-13)22-18(23)11-14-9-15(20)12-16(21)10-14/h2-6,9-10,12,17H,7-8,11H2,1H3,(H,22,23)/t17-/m1/s1. The Bertz CT molecular complexity index is 714. The van der Waals surface area contributed by atoms with Gasteiger partial charge in [0.25, 0.3) is 0 Å². The van der Waals surface area contributed by atoms with Gasteiger partial charge in [0, 0.05) is 6.07 Å². The van der Waals surface area contributed by atoms with Crippen LogP contribution in [0.25, 0.3) is 0 Å².